The lowest BCUT2D eigenvalue weighted by Gasteiger charge is -2.22. The normalized spacial score (nSPS) is 13.7. The van der Waals surface area contributed by atoms with Crippen LogP contribution in [0, 0.1) is 6.92 Å². The predicted octanol–water partition coefficient (Wildman–Crippen LogP) is 1.92. The summed E-state index contributed by atoms with van der Waals surface area (Å²) in [7, 11) is -7.04. The third-order valence-electron chi connectivity index (χ3n) is 2.82. The zero-order chi connectivity index (χ0) is 15.1. The van der Waals surface area contributed by atoms with E-state index in [1.54, 1.807) is 6.92 Å². The molecule has 0 aromatic carbocycles. The Kier molecular flexibility index (Phi) is 4.89. The van der Waals surface area contributed by atoms with E-state index in [-0.39, 0.29) is 11.4 Å². The van der Waals surface area contributed by atoms with Gasteiger partial charge < -0.3 is 0 Å². The molecule has 0 aliphatic rings. The number of rotatable bonds is 5. The van der Waals surface area contributed by atoms with Crippen LogP contribution in [-0.2, 0) is 19.9 Å². The maximum Gasteiger partial charge on any atom is 0.241 e. The second kappa shape index (κ2) is 5.44. The molecule has 1 heterocycles. The molecule has 1 N–H and O–H groups in total. The van der Waals surface area contributed by atoms with Crippen molar-refractivity contribution >= 4 is 47.1 Å². The smallest absolute Gasteiger partial charge is 0.229 e. The Morgan fingerprint density at radius 1 is 1.32 bits per heavy atom. The van der Waals surface area contributed by atoms with Gasteiger partial charge in [0.25, 0.3) is 0 Å². The highest BCUT2D eigenvalue weighted by Crippen LogP contribution is 2.29. The molecule has 0 radical (unpaired) electrons. The molecule has 0 fully saturated rings. The zero-order valence-electron chi connectivity index (χ0n) is 11.0. The second-order valence-corrected chi connectivity index (χ2v) is 11.8. The minimum atomic E-state index is -3.70. The SMILES string of the molecule is Cc1sc(Br)cc1S(=O)(=O)NCC(C)(C)S(C)(=O)=O. The molecule has 0 bridgehead atoms. The summed E-state index contributed by atoms with van der Waals surface area (Å²) in [6, 6.07) is 1.51. The van der Waals surface area contributed by atoms with Crippen LogP contribution >= 0.6 is 27.3 Å². The Hall–Kier alpha value is 0.0400. The van der Waals surface area contributed by atoms with Crippen LogP contribution in [0.5, 0.6) is 0 Å². The van der Waals surface area contributed by atoms with Crippen molar-refractivity contribution < 1.29 is 16.8 Å². The monoisotopic (exact) mass is 389 g/mol. The minimum absolute atomic E-state index is 0.166. The summed E-state index contributed by atoms with van der Waals surface area (Å²) in [6.45, 7) is 4.51. The van der Waals surface area contributed by atoms with Crippen LogP contribution in [0.1, 0.15) is 18.7 Å². The molecule has 5 nitrogen and oxygen atoms in total. The highest BCUT2D eigenvalue weighted by atomic mass is 79.9. The van der Waals surface area contributed by atoms with Crippen LogP contribution in [-0.4, -0.2) is 34.4 Å². The lowest BCUT2D eigenvalue weighted by molar-refractivity contribution is 0.537. The van der Waals surface area contributed by atoms with Gasteiger partial charge >= 0.3 is 0 Å². The Morgan fingerprint density at radius 2 is 1.84 bits per heavy atom. The lowest BCUT2D eigenvalue weighted by Crippen LogP contribution is -2.43. The Labute approximate surface area is 126 Å². The van der Waals surface area contributed by atoms with Gasteiger partial charge in [0.2, 0.25) is 10.0 Å². The molecule has 1 rings (SSSR count). The Bertz CT molecular complexity index is 674. The number of sulfone groups is 1. The van der Waals surface area contributed by atoms with Gasteiger partial charge in [-0.1, -0.05) is 0 Å². The maximum atomic E-state index is 12.1. The van der Waals surface area contributed by atoms with E-state index < -0.39 is 24.6 Å². The molecule has 0 saturated carbocycles. The average molecular weight is 390 g/mol. The van der Waals surface area contributed by atoms with E-state index in [2.05, 4.69) is 20.7 Å². The molecular weight excluding hydrogens is 374 g/mol. The summed E-state index contributed by atoms with van der Waals surface area (Å²) >= 11 is 4.54. The van der Waals surface area contributed by atoms with E-state index in [0.29, 0.717) is 8.66 Å². The van der Waals surface area contributed by atoms with Crippen molar-refractivity contribution in [1.82, 2.24) is 4.72 Å². The molecule has 1 aromatic rings. The van der Waals surface area contributed by atoms with Gasteiger partial charge in [0, 0.05) is 17.7 Å². The minimum Gasteiger partial charge on any atom is -0.229 e. The van der Waals surface area contributed by atoms with Crippen LogP contribution in [0.3, 0.4) is 0 Å². The van der Waals surface area contributed by atoms with Gasteiger partial charge in [0.15, 0.2) is 9.84 Å². The first-order chi connectivity index (χ1) is 8.37. The van der Waals surface area contributed by atoms with Crippen molar-refractivity contribution in [2.75, 3.05) is 12.8 Å². The second-order valence-electron chi connectivity index (χ2n) is 4.83. The van der Waals surface area contributed by atoms with Gasteiger partial charge in [-0.3, -0.25) is 0 Å². The van der Waals surface area contributed by atoms with Crippen LogP contribution in [0.4, 0.5) is 0 Å². The molecule has 0 aliphatic carbocycles. The third kappa shape index (κ3) is 4.01. The predicted molar refractivity (Wildman–Crippen MR) is 80.9 cm³/mol. The number of hydrogen-bond acceptors (Lipinski definition) is 5. The van der Waals surface area contributed by atoms with Crippen molar-refractivity contribution in [3.63, 3.8) is 0 Å². The third-order valence-corrected chi connectivity index (χ3v) is 8.19. The van der Waals surface area contributed by atoms with E-state index in [9.17, 15) is 16.8 Å². The number of nitrogens with one attached hydrogen (secondary N) is 1. The van der Waals surface area contributed by atoms with Gasteiger partial charge in [-0.05, 0) is 42.8 Å². The number of thiophene rings is 1. The summed E-state index contributed by atoms with van der Waals surface area (Å²) in [5.74, 6) is 0. The summed E-state index contributed by atoms with van der Waals surface area (Å²) in [5.41, 5.74) is 0. The molecule has 110 valence electrons. The fraction of sp³-hybridized carbons (Fsp3) is 0.600. The summed E-state index contributed by atoms with van der Waals surface area (Å²) in [5, 5.41) is 0. The first kappa shape index (κ1) is 17.1. The Balaban J connectivity index is 2.98. The molecule has 0 saturated heterocycles. The van der Waals surface area contributed by atoms with E-state index >= 15 is 0 Å². The summed E-state index contributed by atoms with van der Waals surface area (Å²) in [4.78, 5) is 0.824. The molecule has 0 unspecified atom stereocenters. The standard InChI is InChI=1S/C10H16BrNO4S3/c1-7-8(5-9(11)17-7)19(15,16)12-6-10(2,3)18(4,13)14/h5,12H,6H2,1-4H3. The van der Waals surface area contributed by atoms with Crippen molar-refractivity contribution in [3.8, 4) is 0 Å². The molecule has 0 spiro atoms. The maximum absolute atomic E-state index is 12.1. The quantitative estimate of drug-likeness (QED) is 0.833. The van der Waals surface area contributed by atoms with E-state index in [1.807, 2.05) is 0 Å². The Morgan fingerprint density at radius 3 is 2.21 bits per heavy atom. The largest absolute Gasteiger partial charge is 0.241 e. The number of halogens is 1. The number of hydrogen-bond donors (Lipinski definition) is 1. The van der Waals surface area contributed by atoms with E-state index in [0.717, 1.165) is 6.26 Å². The van der Waals surface area contributed by atoms with Crippen LogP contribution in [0.15, 0.2) is 14.7 Å². The molecule has 9 heteroatoms. The van der Waals surface area contributed by atoms with E-state index in [1.165, 1.54) is 31.3 Å². The lowest BCUT2D eigenvalue weighted by atomic mass is 10.2. The van der Waals surface area contributed by atoms with Crippen LogP contribution in [0.25, 0.3) is 0 Å². The van der Waals surface area contributed by atoms with Gasteiger partial charge in [-0.2, -0.15) is 0 Å². The van der Waals surface area contributed by atoms with Gasteiger partial charge in [0.1, 0.15) is 0 Å². The van der Waals surface area contributed by atoms with Crippen molar-refractivity contribution in [2.24, 2.45) is 0 Å². The van der Waals surface area contributed by atoms with Crippen LogP contribution in [0.2, 0.25) is 0 Å². The first-order valence-corrected chi connectivity index (χ1v) is 10.3. The van der Waals surface area contributed by atoms with Crippen molar-refractivity contribution in [1.29, 1.82) is 0 Å². The number of sulfonamides is 1. The fourth-order valence-corrected chi connectivity index (χ4v) is 5.23. The molecule has 19 heavy (non-hydrogen) atoms. The van der Waals surface area contributed by atoms with E-state index in [4.69, 9.17) is 0 Å². The van der Waals surface area contributed by atoms with Crippen molar-refractivity contribution in [2.45, 2.75) is 30.4 Å². The summed E-state index contributed by atoms with van der Waals surface area (Å²) in [6.07, 6.45) is 1.09. The molecule has 0 amide bonds. The first-order valence-electron chi connectivity index (χ1n) is 5.32. The fourth-order valence-electron chi connectivity index (χ4n) is 1.18. The van der Waals surface area contributed by atoms with Gasteiger partial charge in [-0.15, -0.1) is 11.3 Å². The molecule has 0 aliphatic heterocycles. The molecular formula is C10H16BrNO4S3. The zero-order valence-corrected chi connectivity index (χ0v) is 15.1. The van der Waals surface area contributed by atoms with Crippen LogP contribution < -0.4 is 4.72 Å². The van der Waals surface area contributed by atoms with Gasteiger partial charge in [0.05, 0.1) is 13.4 Å². The average Bonchev–Trinajstić information content (AvgIpc) is 2.54. The number of aryl methyl sites for hydroxylation is 1. The molecule has 0 atom stereocenters. The topological polar surface area (TPSA) is 80.3 Å². The highest BCUT2D eigenvalue weighted by Gasteiger charge is 2.32. The highest BCUT2D eigenvalue weighted by molar-refractivity contribution is 9.11. The molecule has 1 aromatic heterocycles. The summed E-state index contributed by atoms with van der Waals surface area (Å²) < 4.78 is 49.2. The van der Waals surface area contributed by atoms with Crippen molar-refractivity contribution in [3.05, 3.63) is 14.7 Å². The van der Waals surface area contributed by atoms with Gasteiger partial charge in [-0.25, -0.2) is 21.6 Å².